The molecule has 1 aliphatic heterocycles. The van der Waals surface area contributed by atoms with Gasteiger partial charge in [0.2, 0.25) is 5.89 Å². The van der Waals surface area contributed by atoms with Crippen molar-refractivity contribution in [2.45, 2.75) is 6.54 Å². The molecule has 22 heavy (non-hydrogen) atoms. The van der Waals surface area contributed by atoms with Crippen LogP contribution < -0.4 is 0 Å². The van der Waals surface area contributed by atoms with Crippen molar-refractivity contribution in [1.29, 1.82) is 0 Å². The fraction of sp³-hybridized carbons (Fsp3) is 0.438. The van der Waals surface area contributed by atoms with E-state index in [0.29, 0.717) is 23.8 Å². The van der Waals surface area contributed by atoms with Crippen LogP contribution >= 0.6 is 0 Å². The zero-order valence-electron chi connectivity index (χ0n) is 12.4. The summed E-state index contributed by atoms with van der Waals surface area (Å²) in [6.07, 6.45) is 1.58. The molecule has 0 unspecified atom stereocenters. The van der Waals surface area contributed by atoms with Gasteiger partial charge >= 0.3 is 0 Å². The lowest BCUT2D eigenvalue weighted by Gasteiger charge is -2.33. The zero-order valence-corrected chi connectivity index (χ0v) is 12.4. The highest BCUT2D eigenvalue weighted by Crippen LogP contribution is 2.23. The molecule has 118 valence electrons. The van der Waals surface area contributed by atoms with Gasteiger partial charge in [-0.25, -0.2) is 9.37 Å². The van der Waals surface area contributed by atoms with Gasteiger partial charge in [0.15, 0.2) is 5.76 Å². The van der Waals surface area contributed by atoms with Gasteiger partial charge in [-0.15, -0.1) is 0 Å². The van der Waals surface area contributed by atoms with Crippen LogP contribution in [0.5, 0.6) is 0 Å². The number of aliphatic hydroxyl groups is 1. The number of piperazine rings is 1. The number of hydrogen-bond donors (Lipinski definition) is 1. The Hall–Kier alpha value is -1.76. The van der Waals surface area contributed by atoms with Crippen molar-refractivity contribution >= 4 is 0 Å². The third kappa shape index (κ3) is 3.52. The second-order valence-electron chi connectivity index (χ2n) is 5.44. The maximum atomic E-state index is 13.7. The second kappa shape index (κ2) is 7.00. The predicted octanol–water partition coefficient (Wildman–Crippen LogP) is 1.59. The van der Waals surface area contributed by atoms with Crippen molar-refractivity contribution < 1.29 is 13.9 Å². The number of rotatable bonds is 5. The predicted molar refractivity (Wildman–Crippen MR) is 80.7 cm³/mol. The van der Waals surface area contributed by atoms with Gasteiger partial charge in [-0.2, -0.15) is 0 Å². The normalized spacial score (nSPS) is 17.0. The highest BCUT2D eigenvalue weighted by molar-refractivity contribution is 5.56. The Kier molecular flexibility index (Phi) is 4.82. The van der Waals surface area contributed by atoms with Gasteiger partial charge in [0.05, 0.1) is 24.9 Å². The summed E-state index contributed by atoms with van der Waals surface area (Å²) in [5.41, 5.74) is 0.439. The molecular formula is C16H20FN3O2. The summed E-state index contributed by atoms with van der Waals surface area (Å²) in [7, 11) is 0. The summed E-state index contributed by atoms with van der Waals surface area (Å²) in [5.74, 6) is 0.767. The van der Waals surface area contributed by atoms with Crippen LogP contribution in [0.2, 0.25) is 0 Å². The number of aromatic nitrogens is 1. The van der Waals surface area contributed by atoms with Gasteiger partial charge in [0.25, 0.3) is 0 Å². The fourth-order valence-electron chi connectivity index (χ4n) is 2.67. The van der Waals surface area contributed by atoms with Gasteiger partial charge in [-0.3, -0.25) is 9.80 Å². The Morgan fingerprint density at radius 2 is 1.86 bits per heavy atom. The molecule has 0 atom stereocenters. The quantitative estimate of drug-likeness (QED) is 0.909. The van der Waals surface area contributed by atoms with Crippen LogP contribution in [0, 0.1) is 5.82 Å². The molecule has 1 N–H and O–H groups in total. The van der Waals surface area contributed by atoms with Crippen molar-refractivity contribution in [2.24, 2.45) is 0 Å². The van der Waals surface area contributed by atoms with Crippen LogP contribution in [-0.2, 0) is 6.54 Å². The summed E-state index contributed by atoms with van der Waals surface area (Å²) in [6.45, 7) is 5.25. The van der Waals surface area contributed by atoms with Crippen LogP contribution in [0.4, 0.5) is 4.39 Å². The molecule has 0 saturated carbocycles. The summed E-state index contributed by atoms with van der Waals surface area (Å²) < 4.78 is 19.4. The van der Waals surface area contributed by atoms with E-state index in [4.69, 9.17) is 9.52 Å². The second-order valence-corrected chi connectivity index (χ2v) is 5.44. The number of hydrogen-bond acceptors (Lipinski definition) is 5. The highest BCUT2D eigenvalue weighted by atomic mass is 19.1. The molecule has 1 aromatic heterocycles. The maximum Gasteiger partial charge on any atom is 0.209 e. The number of nitrogens with zero attached hydrogens (tertiary/aromatic N) is 3. The first-order valence-electron chi connectivity index (χ1n) is 7.51. The first-order valence-corrected chi connectivity index (χ1v) is 7.51. The number of benzene rings is 1. The van der Waals surface area contributed by atoms with Crippen molar-refractivity contribution in [2.75, 3.05) is 39.3 Å². The first-order chi connectivity index (χ1) is 10.8. The Morgan fingerprint density at radius 3 is 2.59 bits per heavy atom. The van der Waals surface area contributed by atoms with Crippen LogP contribution in [0.15, 0.2) is 34.9 Å². The minimum atomic E-state index is -0.303. The molecule has 2 heterocycles. The van der Waals surface area contributed by atoms with E-state index in [2.05, 4.69) is 14.8 Å². The van der Waals surface area contributed by atoms with E-state index >= 15 is 0 Å². The van der Waals surface area contributed by atoms with Crippen molar-refractivity contribution in [1.82, 2.24) is 14.8 Å². The standard InChI is InChI=1S/C16H20FN3O2/c17-14-4-2-1-3-13(14)15-11-18-16(22-15)12-20-7-5-19(6-8-20)9-10-21/h1-4,11,21H,5-10,12H2. The third-order valence-corrected chi connectivity index (χ3v) is 3.93. The molecule has 0 bridgehead atoms. The number of aliphatic hydroxyl groups excluding tert-OH is 1. The molecular weight excluding hydrogens is 285 g/mol. The SMILES string of the molecule is OCCN1CCN(Cc2ncc(-c3ccccc3F)o2)CC1. The molecule has 5 nitrogen and oxygen atoms in total. The topological polar surface area (TPSA) is 52.7 Å². The van der Waals surface area contributed by atoms with E-state index in [1.165, 1.54) is 6.07 Å². The van der Waals surface area contributed by atoms with Crippen molar-refractivity contribution in [3.8, 4) is 11.3 Å². The Morgan fingerprint density at radius 1 is 1.14 bits per heavy atom. The van der Waals surface area contributed by atoms with E-state index in [1.54, 1.807) is 24.4 Å². The van der Waals surface area contributed by atoms with Gasteiger partial charge < -0.3 is 9.52 Å². The molecule has 1 aliphatic rings. The lowest BCUT2D eigenvalue weighted by atomic mass is 10.2. The van der Waals surface area contributed by atoms with E-state index in [-0.39, 0.29) is 12.4 Å². The Bertz CT molecular complexity index is 609. The number of β-amino-alcohol motifs (C(OH)–C–C–N with tert-alkyl or cyclic N) is 1. The highest BCUT2D eigenvalue weighted by Gasteiger charge is 2.18. The lowest BCUT2D eigenvalue weighted by Crippen LogP contribution is -2.46. The number of halogens is 1. The zero-order chi connectivity index (χ0) is 15.4. The minimum Gasteiger partial charge on any atom is -0.439 e. The molecule has 6 heteroatoms. The molecule has 0 amide bonds. The Labute approximate surface area is 129 Å². The van der Waals surface area contributed by atoms with Gasteiger partial charge in [0, 0.05) is 32.7 Å². The van der Waals surface area contributed by atoms with E-state index in [1.807, 2.05) is 0 Å². The van der Waals surface area contributed by atoms with Crippen LogP contribution in [0.25, 0.3) is 11.3 Å². The van der Waals surface area contributed by atoms with Crippen LogP contribution in [0.3, 0.4) is 0 Å². The lowest BCUT2D eigenvalue weighted by molar-refractivity contribution is 0.103. The van der Waals surface area contributed by atoms with Crippen molar-refractivity contribution in [3.63, 3.8) is 0 Å². The van der Waals surface area contributed by atoms with Gasteiger partial charge in [-0.05, 0) is 12.1 Å². The van der Waals surface area contributed by atoms with Crippen molar-refractivity contribution in [3.05, 3.63) is 42.2 Å². The average Bonchev–Trinajstić information content (AvgIpc) is 2.98. The molecule has 3 rings (SSSR count). The molecule has 0 radical (unpaired) electrons. The minimum absolute atomic E-state index is 0.200. The van der Waals surface area contributed by atoms with Gasteiger partial charge in [-0.1, -0.05) is 12.1 Å². The van der Waals surface area contributed by atoms with E-state index in [0.717, 1.165) is 32.7 Å². The van der Waals surface area contributed by atoms with E-state index in [9.17, 15) is 4.39 Å². The average molecular weight is 305 g/mol. The third-order valence-electron chi connectivity index (χ3n) is 3.93. The largest absolute Gasteiger partial charge is 0.439 e. The summed E-state index contributed by atoms with van der Waals surface area (Å²) in [4.78, 5) is 8.74. The maximum absolute atomic E-state index is 13.7. The monoisotopic (exact) mass is 305 g/mol. The van der Waals surface area contributed by atoms with E-state index < -0.39 is 0 Å². The number of oxazole rings is 1. The van der Waals surface area contributed by atoms with Crippen LogP contribution in [0.1, 0.15) is 5.89 Å². The molecule has 0 spiro atoms. The molecule has 1 saturated heterocycles. The smallest absolute Gasteiger partial charge is 0.209 e. The molecule has 1 aromatic carbocycles. The first kappa shape index (κ1) is 15.1. The summed E-state index contributed by atoms with van der Waals surface area (Å²) in [5, 5.41) is 8.94. The van der Waals surface area contributed by atoms with Gasteiger partial charge in [0.1, 0.15) is 5.82 Å². The molecule has 2 aromatic rings. The summed E-state index contributed by atoms with van der Waals surface area (Å²) >= 11 is 0. The van der Waals surface area contributed by atoms with Crippen LogP contribution in [-0.4, -0.2) is 59.2 Å². The summed E-state index contributed by atoms with van der Waals surface area (Å²) in [6, 6.07) is 6.54. The molecule has 0 aliphatic carbocycles. The molecule has 1 fully saturated rings. The fourth-order valence-corrected chi connectivity index (χ4v) is 2.67. The Balaban J connectivity index is 1.60.